The number of primary amides is 1. The first kappa shape index (κ1) is 13.7. The molecule has 3 nitrogen and oxygen atoms in total. The minimum atomic E-state index is -0.943. The van der Waals surface area contributed by atoms with Gasteiger partial charge in [0.1, 0.15) is 5.38 Å². The maximum absolute atomic E-state index is 10.6. The Morgan fingerprint density at radius 1 is 1.36 bits per heavy atom. The van der Waals surface area contributed by atoms with Gasteiger partial charge in [-0.05, 0) is 6.42 Å². The summed E-state index contributed by atoms with van der Waals surface area (Å²) in [7, 11) is 0. The summed E-state index contributed by atoms with van der Waals surface area (Å²) in [5, 5.41) is 8.47. The number of hydrogen-bond donors (Lipinski definition) is 2. The third-order valence-electron chi connectivity index (χ3n) is 2.21. The Kier molecular flexibility index (Phi) is 7.90. The zero-order valence-electron chi connectivity index (χ0n) is 8.71. The molecule has 0 saturated heterocycles. The molecule has 0 saturated carbocycles. The minimum Gasteiger partial charge on any atom is -0.391 e. The third-order valence-corrected chi connectivity index (χ3v) is 2.72. The van der Waals surface area contributed by atoms with E-state index in [2.05, 4.69) is 6.92 Å². The summed E-state index contributed by atoms with van der Waals surface area (Å²) in [6.45, 7) is 2.15. The predicted octanol–water partition coefficient (Wildman–Crippen LogP) is 1.80. The van der Waals surface area contributed by atoms with E-state index in [1.807, 2.05) is 0 Å². The van der Waals surface area contributed by atoms with E-state index in [1.54, 1.807) is 0 Å². The van der Waals surface area contributed by atoms with E-state index in [0.717, 1.165) is 12.8 Å². The normalized spacial score (nSPS) is 15.1. The van der Waals surface area contributed by atoms with Crippen molar-refractivity contribution >= 4 is 17.5 Å². The van der Waals surface area contributed by atoms with Crippen molar-refractivity contribution < 1.29 is 9.90 Å². The number of aliphatic hydroxyl groups is 1. The van der Waals surface area contributed by atoms with Crippen molar-refractivity contribution in [2.75, 3.05) is 0 Å². The predicted molar refractivity (Wildman–Crippen MR) is 58.2 cm³/mol. The maximum Gasteiger partial charge on any atom is 0.238 e. The van der Waals surface area contributed by atoms with Gasteiger partial charge >= 0.3 is 0 Å². The highest BCUT2D eigenvalue weighted by atomic mass is 35.5. The lowest BCUT2D eigenvalue weighted by Gasteiger charge is -2.13. The Morgan fingerprint density at radius 2 is 1.93 bits per heavy atom. The van der Waals surface area contributed by atoms with Crippen molar-refractivity contribution in [3.8, 4) is 0 Å². The molecular formula is C10H20ClNO2. The Morgan fingerprint density at radius 3 is 2.43 bits per heavy atom. The van der Waals surface area contributed by atoms with Gasteiger partial charge in [-0.15, -0.1) is 11.6 Å². The number of rotatable bonds is 8. The molecule has 0 radical (unpaired) electrons. The standard InChI is InChI=1S/C10H20ClNO2/c1-2-3-4-5-6-7-8(13)9(11)10(12)14/h8-9,13H,2-7H2,1H3,(H2,12,14). The summed E-state index contributed by atoms with van der Waals surface area (Å²) in [5.74, 6) is -0.646. The number of unbranched alkanes of at least 4 members (excludes halogenated alkanes) is 4. The molecule has 3 N–H and O–H groups in total. The van der Waals surface area contributed by atoms with Crippen LogP contribution in [0.2, 0.25) is 0 Å². The van der Waals surface area contributed by atoms with Gasteiger partial charge in [0.05, 0.1) is 6.10 Å². The van der Waals surface area contributed by atoms with Gasteiger partial charge in [-0.2, -0.15) is 0 Å². The second-order valence-corrected chi connectivity index (χ2v) is 4.04. The van der Waals surface area contributed by atoms with Crippen LogP contribution in [0.5, 0.6) is 0 Å². The number of carbonyl (C=O) groups excluding carboxylic acids is 1. The van der Waals surface area contributed by atoms with E-state index in [9.17, 15) is 9.90 Å². The molecule has 14 heavy (non-hydrogen) atoms. The fourth-order valence-corrected chi connectivity index (χ4v) is 1.42. The number of halogens is 1. The lowest BCUT2D eigenvalue weighted by molar-refractivity contribution is -0.119. The van der Waals surface area contributed by atoms with Gasteiger partial charge in [-0.3, -0.25) is 4.79 Å². The lowest BCUT2D eigenvalue weighted by Crippen LogP contribution is -2.34. The molecule has 2 atom stereocenters. The highest BCUT2D eigenvalue weighted by Gasteiger charge is 2.20. The molecule has 0 aromatic heterocycles. The summed E-state index contributed by atoms with van der Waals surface area (Å²) in [6, 6.07) is 0. The van der Waals surface area contributed by atoms with Crippen molar-refractivity contribution in [1.82, 2.24) is 0 Å². The van der Waals surface area contributed by atoms with E-state index < -0.39 is 17.4 Å². The molecule has 0 aromatic rings. The molecule has 0 aliphatic carbocycles. The molecule has 0 rings (SSSR count). The van der Waals surface area contributed by atoms with E-state index in [4.69, 9.17) is 17.3 Å². The number of nitrogens with two attached hydrogens (primary N) is 1. The largest absolute Gasteiger partial charge is 0.391 e. The van der Waals surface area contributed by atoms with Gasteiger partial charge in [0.25, 0.3) is 0 Å². The molecule has 0 aliphatic rings. The second kappa shape index (κ2) is 8.06. The van der Waals surface area contributed by atoms with Crippen molar-refractivity contribution in [2.45, 2.75) is 56.9 Å². The van der Waals surface area contributed by atoms with Gasteiger partial charge < -0.3 is 10.8 Å². The number of alkyl halides is 1. The Hall–Kier alpha value is -0.280. The van der Waals surface area contributed by atoms with E-state index in [-0.39, 0.29) is 0 Å². The van der Waals surface area contributed by atoms with Gasteiger partial charge in [0.2, 0.25) is 5.91 Å². The Bertz CT molecular complexity index is 164. The summed E-state index contributed by atoms with van der Waals surface area (Å²) in [6.07, 6.45) is 5.33. The maximum atomic E-state index is 10.6. The van der Waals surface area contributed by atoms with Crippen LogP contribution in [-0.4, -0.2) is 22.5 Å². The molecule has 2 unspecified atom stereocenters. The first-order valence-electron chi connectivity index (χ1n) is 5.21. The topological polar surface area (TPSA) is 63.3 Å². The highest BCUT2D eigenvalue weighted by molar-refractivity contribution is 6.31. The smallest absolute Gasteiger partial charge is 0.238 e. The zero-order valence-corrected chi connectivity index (χ0v) is 9.46. The number of amides is 1. The Labute approximate surface area is 90.6 Å². The van der Waals surface area contributed by atoms with Crippen molar-refractivity contribution in [2.24, 2.45) is 5.73 Å². The molecule has 0 aliphatic heterocycles. The average molecular weight is 222 g/mol. The van der Waals surface area contributed by atoms with Crippen LogP contribution < -0.4 is 5.73 Å². The Balaban J connectivity index is 3.43. The molecule has 84 valence electrons. The van der Waals surface area contributed by atoms with Crippen LogP contribution >= 0.6 is 11.6 Å². The third kappa shape index (κ3) is 6.22. The van der Waals surface area contributed by atoms with Gasteiger partial charge in [0.15, 0.2) is 0 Å². The second-order valence-electron chi connectivity index (χ2n) is 3.57. The molecule has 0 aromatic carbocycles. The van der Waals surface area contributed by atoms with Crippen LogP contribution in [0.3, 0.4) is 0 Å². The first-order valence-corrected chi connectivity index (χ1v) is 5.64. The van der Waals surface area contributed by atoms with E-state index >= 15 is 0 Å². The summed E-state index contributed by atoms with van der Waals surface area (Å²) in [4.78, 5) is 10.6. The van der Waals surface area contributed by atoms with Crippen LogP contribution in [0, 0.1) is 0 Å². The molecule has 0 spiro atoms. The summed E-state index contributed by atoms with van der Waals surface area (Å²) < 4.78 is 0. The SMILES string of the molecule is CCCCCCCC(O)C(Cl)C(N)=O. The van der Waals surface area contributed by atoms with E-state index in [1.165, 1.54) is 19.3 Å². The minimum absolute atomic E-state index is 0.556. The monoisotopic (exact) mass is 221 g/mol. The van der Waals surface area contributed by atoms with Gasteiger partial charge in [0, 0.05) is 0 Å². The molecule has 4 heteroatoms. The van der Waals surface area contributed by atoms with Crippen LogP contribution in [0.1, 0.15) is 45.4 Å². The molecule has 0 bridgehead atoms. The van der Waals surface area contributed by atoms with Gasteiger partial charge in [-0.25, -0.2) is 0 Å². The lowest BCUT2D eigenvalue weighted by atomic mass is 10.1. The number of carbonyl (C=O) groups is 1. The summed E-state index contributed by atoms with van der Waals surface area (Å²) in [5.41, 5.74) is 4.96. The quantitative estimate of drug-likeness (QED) is 0.485. The van der Waals surface area contributed by atoms with Crippen LogP contribution in [-0.2, 0) is 4.79 Å². The highest BCUT2D eigenvalue weighted by Crippen LogP contribution is 2.12. The van der Waals surface area contributed by atoms with Crippen molar-refractivity contribution in [1.29, 1.82) is 0 Å². The summed E-state index contributed by atoms with van der Waals surface area (Å²) >= 11 is 5.58. The fourth-order valence-electron chi connectivity index (χ4n) is 1.29. The van der Waals surface area contributed by atoms with Crippen LogP contribution in [0.15, 0.2) is 0 Å². The fraction of sp³-hybridized carbons (Fsp3) is 0.900. The average Bonchev–Trinajstić information content (AvgIpc) is 2.16. The number of aliphatic hydroxyl groups excluding tert-OH is 1. The van der Waals surface area contributed by atoms with Crippen LogP contribution in [0.4, 0.5) is 0 Å². The van der Waals surface area contributed by atoms with Gasteiger partial charge in [-0.1, -0.05) is 39.0 Å². The van der Waals surface area contributed by atoms with Crippen LogP contribution in [0.25, 0.3) is 0 Å². The molecule has 0 fully saturated rings. The molecule has 1 amide bonds. The first-order chi connectivity index (χ1) is 6.59. The molecular weight excluding hydrogens is 202 g/mol. The van der Waals surface area contributed by atoms with E-state index in [0.29, 0.717) is 6.42 Å². The van der Waals surface area contributed by atoms with Crippen molar-refractivity contribution in [3.63, 3.8) is 0 Å². The zero-order chi connectivity index (χ0) is 11.0. The van der Waals surface area contributed by atoms with Crippen molar-refractivity contribution in [3.05, 3.63) is 0 Å². The molecule has 0 heterocycles. The number of hydrogen-bond acceptors (Lipinski definition) is 2.